The van der Waals surface area contributed by atoms with Crippen LogP contribution in [0.4, 0.5) is 5.82 Å². The van der Waals surface area contributed by atoms with Gasteiger partial charge in [0.2, 0.25) is 0 Å². The number of ether oxygens (including phenoxy) is 3. The van der Waals surface area contributed by atoms with Crippen LogP contribution < -0.4 is 11.4 Å². The van der Waals surface area contributed by atoms with Crippen molar-refractivity contribution in [2.75, 3.05) is 25.6 Å². The Morgan fingerprint density at radius 3 is 1.92 bits per heavy atom. The van der Waals surface area contributed by atoms with Gasteiger partial charge in [-0.05, 0) is 56.9 Å². The topological polar surface area (TPSA) is 286 Å². The Hall–Kier alpha value is -3.32. The van der Waals surface area contributed by atoms with Crippen molar-refractivity contribution in [3.05, 3.63) is 71.4 Å². The zero-order valence-electron chi connectivity index (χ0n) is 47.2. The maximum Gasteiger partial charge on any atom is 0.481 e. The monoisotopic (exact) mass is 1140 g/mol. The third-order valence-electron chi connectivity index (χ3n) is 13.5. The van der Waals surface area contributed by atoms with Crippen molar-refractivity contribution in [1.82, 2.24) is 9.55 Å². The molecule has 0 saturated carbocycles. The summed E-state index contributed by atoms with van der Waals surface area (Å²) in [6.45, 7) is 4.40. The van der Waals surface area contributed by atoms with Gasteiger partial charge in [0.05, 0.1) is 19.3 Å². The van der Waals surface area contributed by atoms with Gasteiger partial charge in [-0.2, -0.15) is 9.29 Å². The molecule has 1 aliphatic rings. The molecule has 0 radical (unpaired) electrons. The van der Waals surface area contributed by atoms with Gasteiger partial charge in [-0.25, -0.2) is 13.9 Å². The number of nitrogen functional groups attached to an aromatic ring is 1. The van der Waals surface area contributed by atoms with Crippen molar-refractivity contribution < 1.29 is 71.4 Å². The number of carbonyl (C=O) groups excluding carboxylic acids is 2. The predicted octanol–water partition coefficient (Wildman–Crippen LogP) is 12.1. The first kappa shape index (κ1) is 70.8. The number of rotatable bonds is 48. The van der Waals surface area contributed by atoms with Crippen LogP contribution in [-0.4, -0.2) is 96.9 Å². The Balaban J connectivity index is 1.78. The summed E-state index contributed by atoms with van der Waals surface area (Å²) in [5.41, 5.74) is 4.59. The fourth-order valence-corrected chi connectivity index (χ4v) is 10.7. The average molecular weight is 1140 g/mol. The van der Waals surface area contributed by atoms with Gasteiger partial charge >= 0.3 is 33.3 Å². The number of allylic oxidation sites excluding steroid dienone is 6. The number of aliphatic hydroxyl groups excluding tert-OH is 3. The summed E-state index contributed by atoms with van der Waals surface area (Å²) < 4.78 is 56.9. The molecule has 0 aliphatic carbocycles. The van der Waals surface area contributed by atoms with Crippen LogP contribution in [0.5, 0.6) is 0 Å². The van der Waals surface area contributed by atoms with E-state index in [1.807, 2.05) is 18.2 Å². The number of hydrogen-bond donors (Lipinski definition) is 6. The van der Waals surface area contributed by atoms with E-state index in [0.29, 0.717) is 25.7 Å². The van der Waals surface area contributed by atoms with Crippen molar-refractivity contribution >= 4 is 33.4 Å². The molecule has 448 valence electrons. The highest BCUT2D eigenvalue weighted by Crippen LogP contribution is 2.60. The number of nitrogens with zero attached hydrogens (tertiary/aromatic N) is 2. The highest BCUT2D eigenvalue weighted by Gasteiger charge is 2.46. The predicted molar refractivity (Wildman–Crippen MR) is 304 cm³/mol. The standard InChI is InChI=1S/C57H99N3O16P2/c1-4-6-7-8-9-20-24-28-33-38-48(61)39-34-29-26-31-35-40-52(62)71-44-49(74-53(63)41-36-30-25-22-19-17-15-13-11-10-12-14-16-18-21-23-27-32-37-47(3)5-2)45-72-77(67,68)76-78(69,70)73-46-50-54(64)55(65)56(75-50)60-43-42-51(58)59-57(60)66/h9,20,26,28-29,33-34,39,42-43,47-50,54-56,61,64-65H,4-8,10-19,21-25,27,30-32,35-38,40-41,44-46H2,1-3H3,(H,67,68)(H,69,70)(H2,58,59,66)/b20-9-,29-26+,33-28-,39-34-/t47?,48?,49-,50-,54-,55-,56-/m1/s1. The lowest BCUT2D eigenvalue weighted by Gasteiger charge is -2.21. The molecule has 2 rings (SSSR count). The molecule has 1 aromatic heterocycles. The number of aliphatic hydroxyl groups is 3. The third kappa shape index (κ3) is 35.4. The minimum absolute atomic E-state index is 0.00741. The van der Waals surface area contributed by atoms with Crippen LogP contribution in [0.15, 0.2) is 65.7 Å². The Kier molecular flexibility index (Phi) is 39.4. The second-order valence-corrected chi connectivity index (χ2v) is 23.6. The molecular formula is C57H99N3O16P2. The number of aromatic nitrogens is 2. The summed E-state index contributed by atoms with van der Waals surface area (Å²) in [4.78, 5) is 62.1. The smallest absolute Gasteiger partial charge is 0.462 e. The van der Waals surface area contributed by atoms with Gasteiger partial charge < -0.3 is 45.1 Å². The number of esters is 2. The first-order chi connectivity index (χ1) is 37.5. The average Bonchev–Trinajstić information content (AvgIpc) is 3.72. The molecule has 1 fully saturated rings. The molecule has 0 bridgehead atoms. The minimum Gasteiger partial charge on any atom is -0.462 e. The van der Waals surface area contributed by atoms with Gasteiger partial charge in [-0.3, -0.25) is 23.2 Å². The Bertz CT molecular complexity index is 2030. The SMILES string of the molecule is CCCCC/C=C\C/C=C\CC(O)/C=C\C=C\CCCC(=O)OC[C@H](COP(=O)(O)OP(=O)(O)OC[C@H]1O[C@@H](n2ccc(N)nc2=O)[C@H](O)[C@@H]1O)OC(=O)CCCCCCCCCCCCCCCCCCCCC(C)CC. The molecule has 1 aliphatic heterocycles. The first-order valence-corrected chi connectivity index (χ1v) is 32.1. The highest BCUT2D eigenvalue weighted by molar-refractivity contribution is 7.61. The van der Waals surface area contributed by atoms with E-state index in [2.05, 4.69) is 42.2 Å². The van der Waals surface area contributed by atoms with Crippen LogP contribution in [0.1, 0.15) is 220 Å². The number of anilines is 1. The van der Waals surface area contributed by atoms with Crippen LogP contribution >= 0.6 is 15.6 Å². The minimum atomic E-state index is -5.45. The summed E-state index contributed by atoms with van der Waals surface area (Å²) in [5, 5.41) is 31.2. The van der Waals surface area contributed by atoms with Crippen LogP contribution in [0.25, 0.3) is 0 Å². The number of hydrogen-bond acceptors (Lipinski definition) is 16. The molecule has 9 atom stereocenters. The fourth-order valence-electron chi connectivity index (χ4n) is 8.60. The summed E-state index contributed by atoms with van der Waals surface area (Å²) >= 11 is 0. The molecule has 0 spiro atoms. The van der Waals surface area contributed by atoms with Crippen LogP contribution in [0.2, 0.25) is 0 Å². The quantitative estimate of drug-likeness (QED) is 0.0116. The van der Waals surface area contributed by atoms with Crippen molar-refractivity contribution in [2.45, 2.75) is 250 Å². The second-order valence-electron chi connectivity index (χ2n) is 20.6. The van der Waals surface area contributed by atoms with E-state index < -0.39 is 89.8 Å². The Morgan fingerprint density at radius 2 is 1.31 bits per heavy atom. The fraction of sp³-hybridized carbons (Fsp3) is 0.754. The lowest BCUT2D eigenvalue weighted by atomic mass is 9.99. The number of phosphoric ester groups is 2. The molecular weight excluding hydrogens is 1040 g/mol. The van der Waals surface area contributed by atoms with Crippen LogP contribution in [0, 0.1) is 5.92 Å². The molecule has 1 saturated heterocycles. The van der Waals surface area contributed by atoms with E-state index in [0.717, 1.165) is 55.2 Å². The largest absolute Gasteiger partial charge is 0.481 e. The molecule has 1 aromatic rings. The lowest BCUT2D eigenvalue weighted by Crippen LogP contribution is -2.36. The lowest BCUT2D eigenvalue weighted by molar-refractivity contribution is -0.161. The van der Waals surface area contributed by atoms with Crippen molar-refractivity contribution in [3.8, 4) is 0 Å². The van der Waals surface area contributed by atoms with Gasteiger partial charge in [-0.15, -0.1) is 0 Å². The van der Waals surface area contributed by atoms with E-state index in [1.165, 1.54) is 122 Å². The van der Waals surface area contributed by atoms with Gasteiger partial charge in [-0.1, -0.05) is 204 Å². The van der Waals surface area contributed by atoms with E-state index in [9.17, 15) is 48.6 Å². The summed E-state index contributed by atoms with van der Waals surface area (Å²) in [6, 6.07) is 1.24. The van der Waals surface area contributed by atoms with E-state index in [4.69, 9.17) is 29.0 Å². The van der Waals surface area contributed by atoms with Crippen molar-refractivity contribution in [1.29, 1.82) is 0 Å². The number of nitrogens with two attached hydrogens (primary N) is 1. The Morgan fingerprint density at radius 1 is 0.731 bits per heavy atom. The highest BCUT2D eigenvalue weighted by atomic mass is 31.3. The first-order valence-electron chi connectivity index (χ1n) is 29.2. The van der Waals surface area contributed by atoms with Gasteiger partial charge in [0.15, 0.2) is 12.3 Å². The second kappa shape index (κ2) is 43.4. The maximum absolute atomic E-state index is 12.9. The normalized spacial score (nSPS) is 19.7. The third-order valence-corrected chi connectivity index (χ3v) is 16.1. The molecule has 21 heteroatoms. The molecule has 78 heavy (non-hydrogen) atoms. The van der Waals surface area contributed by atoms with Gasteiger partial charge in [0.25, 0.3) is 0 Å². The number of unbranched alkanes of at least 4 members (excludes halogenated alkanes) is 21. The number of carbonyl (C=O) groups is 2. The van der Waals surface area contributed by atoms with Crippen molar-refractivity contribution in [3.63, 3.8) is 0 Å². The van der Waals surface area contributed by atoms with Gasteiger partial charge in [0.1, 0.15) is 30.7 Å². The van der Waals surface area contributed by atoms with E-state index in [-0.39, 0.29) is 18.7 Å². The molecule has 19 nitrogen and oxygen atoms in total. The van der Waals surface area contributed by atoms with E-state index in [1.54, 1.807) is 18.2 Å². The summed E-state index contributed by atoms with van der Waals surface area (Å²) in [7, 11) is -10.9. The molecule has 0 amide bonds. The van der Waals surface area contributed by atoms with Crippen LogP contribution in [-0.2, 0) is 46.3 Å². The Labute approximate surface area is 465 Å². The van der Waals surface area contributed by atoms with E-state index >= 15 is 0 Å². The maximum atomic E-state index is 12.9. The zero-order chi connectivity index (χ0) is 57.3. The zero-order valence-corrected chi connectivity index (χ0v) is 49.0. The summed E-state index contributed by atoms with van der Waals surface area (Å²) in [6.07, 6.45) is 39.2. The molecule has 2 heterocycles. The van der Waals surface area contributed by atoms with Gasteiger partial charge in [0, 0.05) is 19.0 Å². The van der Waals surface area contributed by atoms with Crippen molar-refractivity contribution in [2.24, 2.45) is 5.92 Å². The summed E-state index contributed by atoms with van der Waals surface area (Å²) in [5.74, 6) is -0.560. The molecule has 4 unspecified atom stereocenters. The number of phosphoric acid groups is 2. The molecule has 7 N–H and O–H groups in total. The molecule has 0 aromatic carbocycles. The van der Waals surface area contributed by atoms with Crippen LogP contribution in [0.3, 0.4) is 0 Å².